The molecule has 2 aromatic rings. The Morgan fingerprint density at radius 1 is 1.38 bits per heavy atom. The zero-order valence-electron chi connectivity index (χ0n) is 15.3. The SMILES string of the molecule is CC1CN(C(=O)c2cncn2C)CC2(CCN(Cc3ccon3)CC2)O1. The Balaban J connectivity index is 1.42. The van der Waals surface area contributed by atoms with E-state index in [4.69, 9.17) is 9.26 Å². The van der Waals surface area contributed by atoms with Crippen molar-refractivity contribution < 1.29 is 14.1 Å². The Labute approximate surface area is 152 Å². The third-order valence-corrected chi connectivity index (χ3v) is 5.37. The van der Waals surface area contributed by atoms with Crippen LogP contribution in [0.15, 0.2) is 29.4 Å². The molecule has 0 aromatic carbocycles. The lowest BCUT2D eigenvalue weighted by Gasteiger charge is -2.49. The first kappa shape index (κ1) is 17.2. The number of hydrogen-bond acceptors (Lipinski definition) is 6. The van der Waals surface area contributed by atoms with Gasteiger partial charge in [-0.15, -0.1) is 0 Å². The third kappa shape index (κ3) is 3.39. The molecule has 4 heterocycles. The number of likely N-dealkylation sites (tertiary alicyclic amines) is 1. The number of amides is 1. The first-order chi connectivity index (χ1) is 12.5. The summed E-state index contributed by atoms with van der Waals surface area (Å²) in [5.74, 6) is 0.0320. The van der Waals surface area contributed by atoms with Gasteiger partial charge in [-0.25, -0.2) is 4.98 Å². The molecular weight excluding hydrogens is 334 g/mol. The number of imidazole rings is 1. The number of carbonyl (C=O) groups excluding carboxylic acids is 1. The molecule has 0 radical (unpaired) electrons. The van der Waals surface area contributed by atoms with Crippen molar-refractivity contribution in [1.82, 2.24) is 24.5 Å². The summed E-state index contributed by atoms with van der Waals surface area (Å²) in [5.41, 5.74) is 1.32. The average Bonchev–Trinajstić information content (AvgIpc) is 3.27. The number of hydrogen-bond donors (Lipinski definition) is 0. The van der Waals surface area contributed by atoms with Gasteiger partial charge in [0.2, 0.25) is 0 Å². The molecule has 140 valence electrons. The van der Waals surface area contributed by atoms with Crippen molar-refractivity contribution in [3.8, 4) is 0 Å². The predicted molar refractivity (Wildman–Crippen MR) is 93.4 cm³/mol. The lowest BCUT2D eigenvalue weighted by Crippen LogP contribution is -2.60. The van der Waals surface area contributed by atoms with E-state index in [1.165, 1.54) is 0 Å². The van der Waals surface area contributed by atoms with Gasteiger partial charge < -0.3 is 18.7 Å². The molecule has 8 heteroatoms. The molecule has 2 saturated heterocycles. The molecule has 2 fully saturated rings. The van der Waals surface area contributed by atoms with Gasteiger partial charge in [0.15, 0.2) is 0 Å². The largest absolute Gasteiger partial charge is 0.368 e. The second kappa shape index (κ2) is 6.85. The van der Waals surface area contributed by atoms with Crippen molar-refractivity contribution in [2.45, 2.75) is 38.0 Å². The normalized spacial score (nSPS) is 23.5. The van der Waals surface area contributed by atoms with Gasteiger partial charge in [-0.2, -0.15) is 0 Å². The summed E-state index contributed by atoms with van der Waals surface area (Å²) >= 11 is 0. The third-order valence-electron chi connectivity index (χ3n) is 5.37. The summed E-state index contributed by atoms with van der Waals surface area (Å²) < 4.78 is 13.0. The Morgan fingerprint density at radius 2 is 2.19 bits per heavy atom. The molecule has 1 spiro atoms. The minimum atomic E-state index is -0.258. The maximum Gasteiger partial charge on any atom is 0.272 e. The standard InChI is InChI=1S/C18H25N5O3/c1-14-10-23(17(24)16-9-19-13-21(16)2)12-18(26-14)4-6-22(7-5-18)11-15-3-8-25-20-15/h3,8-9,13-14H,4-7,10-12H2,1-2H3. The summed E-state index contributed by atoms with van der Waals surface area (Å²) in [4.78, 5) is 21.3. The van der Waals surface area contributed by atoms with Gasteiger partial charge in [0.25, 0.3) is 5.91 Å². The quantitative estimate of drug-likeness (QED) is 0.822. The van der Waals surface area contributed by atoms with Gasteiger partial charge in [0, 0.05) is 39.3 Å². The van der Waals surface area contributed by atoms with Crippen molar-refractivity contribution in [3.63, 3.8) is 0 Å². The smallest absolute Gasteiger partial charge is 0.272 e. The Kier molecular flexibility index (Phi) is 4.54. The van der Waals surface area contributed by atoms with Crippen LogP contribution in [-0.2, 0) is 18.3 Å². The number of nitrogens with zero attached hydrogens (tertiary/aromatic N) is 5. The summed E-state index contributed by atoms with van der Waals surface area (Å²) in [6, 6.07) is 1.90. The Morgan fingerprint density at radius 3 is 2.85 bits per heavy atom. The number of ether oxygens (including phenoxy) is 1. The maximum absolute atomic E-state index is 12.9. The minimum absolute atomic E-state index is 0.0306. The summed E-state index contributed by atoms with van der Waals surface area (Å²) in [6.07, 6.45) is 6.75. The van der Waals surface area contributed by atoms with Crippen LogP contribution in [-0.4, -0.2) is 68.3 Å². The van der Waals surface area contributed by atoms with Gasteiger partial charge in [0.1, 0.15) is 12.0 Å². The van der Waals surface area contributed by atoms with Gasteiger partial charge in [-0.3, -0.25) is 9.69 Å². The molecule has 1 atom stereocenters. The van der Waals surface area contributed by atoms with Crippen LogP contribution in [0.3, 0.4) is 0 Å². The fourth-order valence-electron chi connectivity index (χ4n) is 4.05. The van der Waals surface area contributed by atoms with Crippen LogP contribution < -0.4 is 0 Å². The zero-order chi connectivity index (χ0) is 18.1. The van der Waals surface area contributed by atoms with E-state index < -0.39 is 0 Å². The van der Waals surface area contributed by atoms with Crippen molar-refractivity contribution in [3.05, 3.63) is 36.2 Å². The highest BCUT2D eigenvalue weighted by atomic mass is 16.5. The highest BCUT2D eigenvalue weighted by Crippen LogP contribution is 2.33. The van der Waals surface area contributed by atoms with E-state index in [1.807, 2.05) is 24.9 Å². The second-order valence-corrected chi connectivity index (χ2v) is 7.45. The molecule has 26 heavy (non-hydrogen) atoms. The van der Waals surface area contributed by atoms with Crippen molar-refractivity contribution >= 4 is 5.91 Å². The minimum Gasteiger partial charge on any atom is -0.368 e. The molecule has 4 rings (SSSR count). The Bertz CT molecular complexity index is 749. The lowest BCUT2D eigenvalue weighted by atomic mass is 9.88. The molecular formula is C18H25N5O3. The number of carbonyl (C=O) groups is 1. The second-order valence-electron chi connectivity index (χ2n) is 7.45. The topological polar surface area (TPSA) is 76.6 Å². The molecule has 0 N–H and O–H groups in total. The van der Waals surface area contributed by atoms with E-state index in [0.29, 0.717) is 18.8 Å². The van der Waals surface area contributed by atoms with Gasteiger partial charge in [-0.05, 0) is 19.8 Å². The maximum atomic E-state index is 12.9. The molecule has 2 aliphatic rings. The van der Waals surface area contributed by atoms with Crippen LogP contribution >= 0.6 is 0 Å². The predicted octanol–water partition coefficient (Wildman–Crippen LogP) is 1.30. The molecule has 0 saturated carbocycles. The fourth-order valence-corrected chi connectivity index (χ4v) is 4.05. The van der Waals surface area contributed by atoms with Crippen molar-refractivity contribution in [1.29, 1.82) is 0 Å². The van der Waals surface area contributed by atoms with Crippen molar-refractivity contribution in [2.75, 3.05) is 26.2 Å². The molecule has 1 unspecified atom stereocenters. The number of piperidine rings is 1. The van der Waals surface area contributed by atoms with E-state index in [1.54, 1.807) is 23.4 Å². The summed E-state index contributed by atoms with van der Waals surface area (Å²) in [5, 5.41) is 3.99. The zero-order valence-corrected chi connectivity index (χ0v) is 15.3. The highest BCUT2D eigenvalue weighted by Gasteiger charge is 2.43. The lowest BCUT2D eigenvalue weighted by molar-refractivity contribution is -0.162. The molecule has 2 aliphatic heterocycles. The number of aromatic nitrogens is 3. The molecule has 1 amide bonds. The van der Waals surface area contributed by atoms with Crippen LogP contribution in [0, 0.1) is 0 Å². The summed E-state index contributed by atoms with van der Waals surface area (Å²) in [7, 11) is 1.85. The molecule has 2 aromatic heterocycles. The van der Waals surface area contributed by atoms with Gasteiger partial charge in [0.05, 0.1) is 36.5 Å². The van der Waals surface area contributed by atoms with Crippen LogP contribution in [0.4, 0.5) is 0 Å². The van der Waals surface area contributed by atoms with E-state index in [-0.39, 0.29) is 17.6 Å². The molecule has 0 bridgehead atoms. The van der Waals surface area contributed by atoms with Crippen LogP contribution in [0.5, 0.6) is 0 Å². The molecule has 8 nitrogen and oxygen atoms in total. The van der Waals surface area contributed by atoms with Crippen LogP contribution in [0.1, 0.15) is 35.9 Å². The van der Waals surface area contributed by atoms with Crippen molar-refractivity contribution in [2.24, 2.45) is 7.05 Å². The van der Waals surface area contributed by atoms with E-state index in [9.17, 15) is 4.79 Å². The first-order valence-electron chi connectivity index (χ1n) is 9.10. The fraction of sp³-hybridized carbons (Fsp3) is 0.611. The monoisotopic (exact) mass is 359 g/mol. The van der Waals surface area contributed by atoms with E-state index in [2.05, 4.69) is 15.0 Å². The van der Waals surface area contributed by atoms with E-state index >= 15 is 0 Å². The van der Waals surface area contributed by atoms with E-state index in [0.717, 1.165) is 38.2 Å². The number of morpholine rings is 1. The highest BCUT2D eigenvalue weighted by molar-refractivity contribution is 5.92. The van der Waals surface area contributed by atoms with Crippen LogP contribution in [0.25, 0.3) is 0 Å². The molecule has 0 aliphatic carbocycles. The Hall–Kier alpha value is -2.19. The average molecular weight is 359 g/mol. The number of rotatable bonds is 3. The van der Waals surface area contributed by atoms with Gasteiger partial charge >= 0.3 is 0 Å². The summed E-state index contributed by atoms with van der Waals surface area (Å²) in [6.45, 7) is 5.94. The first-order valence-corrected chi connectivity index (χ1v) is 9.10. The van der Waals surface area contributed by atoms with Gasteiger partial charge in [-0.1, -0.05) is 5.16 Å². The number of aryl methyl sites for hydroxylation is 1. The van der Waals surface area contributed by atoms with Crippen LogP contribution in [0.2, 0.25) is 0 Å².